The first-order valence-electron chi connectivity index (χ1n) is 13.0. The van der Waals surface area contributed by atoms with Gasteiger partial charge in [-0.2, -0.15) is 13.9 Å². The van der Waals surface area contributed by atoms with E-state index in [1.165, 1.54) is 11.1 Å². The van der Waals surface area contributed by atoms with E-state index in [4.69, 9.17) is 18.9 Å². The molecule has 0 radical (unpaired) electrons. The number of nitrogens with one attached hydrogen (secondary N) is 1. The zero-order valence-corrected chi connectivity index (χ0v) is 22.5. The van der Waals surface area contributed by atoms with Crippen LogP contribution in [-0.4, -0.2) is 41.3 Å². The van der Waals surface area contributed by atoms with Gasteiger partial charge in [-0.25, -0.2) is 9.80 Å². The molecule has 208 valence electrons. The van der Waals surface area contributed by atoms with Crippen molar-refractivity contribution in [1.82, 2.24) is 5.01 Å². The molecule has 1 unspecified atom stereocenters. The number of fused-ring (bicyclic) bond motifs is 2. The quantitative estimate of drug-likeness (QED) is 0.391. The number of ether oxygens (including phenoxy) is 4. The van der Waals surface area contributed by atoms with E-state index in [1.54, 1.807) is 26.0 Å². The Hall–Kier alpha value is -4.34. The average molecular weight is 550 g/mol. The molecule has 6 rings (SSSR count). The number of rotatable bonds is 5. The number of hydrazone groups is 1. The molecule has 10 heteroatoms. The summed E-state index contributed by atoms with van der Waals surface area (Å²) >= 11 is 0. The SMILES string of the molecule is CC1(C)Cc2cc(NC(=O)N3CC(c4cc(OC(F)F)c5c(c4)OC(C)(C)O5)C(c4ccccc4)=N3)ccc2O1. The Morgan fingerprint density at radius 3 is 2.55 bits per heavy atom. The van der Waals surface area contributed by atoms with E-state index < -0.39 is 24.3 Å². The van der Waals surface area contributed by atoms with E-state index in [0.717, 1.165) is 23.3 Å². The molecule has 3 aliphatic rings. The molecule has 3 aliphatic heterocycles. The first kappa shape index (κ1) is 25.9. The third-order valence-electron chi connectivity index (χ3n) is 6.90. The standard InChI is InChI=1S/C30H29F2N3O5/c1-29(2)15-19-12-20(10-11-22(19)38-29)33-28(36)35-16-21(25(34-35)17-8-6-5-7-9-17)18-13-23(37-27(31)32)26-24(14-18)39-30(3,4)40-26/h5-14,21,27H,15-16H2,1-4H3,(H,33,36). The van der Waals surface area contributed by atoms with Crippen molar-refractivity contribution in [3.05, 3.63) is 77.4 Å². The molecule has 0 aromatic heterocycles. The zero-order valence-electron chi connectivity index (χ0n) is 22.5. The third-order valence-corrected chi connectivity index (χ3v) is 6.90. The van der Waals surface area contributed by atoms with Crippen molar-refractivity contribution in [2.75, 3.05) is 11.9 Å². The second-order valence-corrected chi connectivity index (χ2v) is 11.1. The Kier molecular flexibility index (Phi) is 6.08. The van der Waals surface area contributed by atoms with Gasteiger partial charge in [-0.05, 0) is 55.3 Å². The summed E-state index contributed by atoms with van der Waals surface area (Å²) in [5.41, 5.74) is 3.36. The molecule has 3 heterocycles. The van der Waals surface area contributed by atoms with Crippen molar-refractivity contribution >= 4 is 17.4 Å². The van der Waals surface area contributed by atoms with Gasteiger partial charge in [0.25, 0.3) is 0 Å². The van der Waals surface area contributed by atoms with E-state index >= 15 is 0 Å². The monoisotopic (exact) mass is 549 g/mol. The Morgan fingerprint density at radius 2 is 1.80 bits per heavy atom. The number of carbonyl (C=O) groups excluding carboxylic acids is 1. The highest BCUT2D eigenvalue weighted by molar-refractivity contribution is 6.08. The summed E-state index contributed by atoms with van der Waals surface area (Å²) in [6, 6.07) is 17.8. The fourth-order valence-electron chi connectivity index (χ4n) is 5.32. The van der Waals surface area contributed by atoms with Crippen LogP contribution < -0.4 is 24.3 Å². The summed E-state index contributed by atoms with van der Waals surface area (Å²) in [6.45, 7) is 4.53. The third kappa shape index (κ3) is 5.01. The first-order chi connectivity index (χ1) is 19.0. The van der Waals surface area contributed by atoms with Crippen LogP contribution in [0.3, 0.4) is 0 Å². The Balaban J connectivity index is 1.31. The van der Waals surface area contributed by atoms with Gasteiger partial charge in [0.2, 0.25) is 11.5 Å². The summed E-state index contributed by atoms with van der Waals surface area (Å²) in [5.74, 6) is -0.414. The van der Waals surface area contributed by atoms with Crippen molar-refractivity contribution in [3.63, 3.8) is 0 Å². The highest BCUT2D eigenvalue weighted by Gasteiger charge is 2.39. The Morgan fingerprint density at radius 1 is 1.02 bits per heavy atom. The summed E-state index contributed by atoms with van der Waals surface area (Å²) in [4.78, 5) is 13.4. The van der Waals surface area contributed by atoms with Gasteiger partial charge >= 0.3 is 12.6 Å². The molecule has 3 aromatic carbocycles. The molecule has 3 aromatic rings. The van der Waals surface area contributed by atoms with E-state index in [2.05, 4.69) is 10.4 Å². The maximum Gasteiger partial charge on any atom is 0.387 e. The molecule has 40 heavy (non-hydrogen) atoms. The predicted octanol–water partition coefficient (Wildman–Crippen LogP) is 6.54. The Labute approximate surface area is 230 Å². The summed E-state index contributed by atoms with van der Waals surface area (Å²) in [6.07, 6.45) is 0.734. The maximum atomic E-state index is 13.4. The van der Waals surface area contributed by atoms with Crippen molar-refractivity contribution in [3.8, 4) is 23.0 Å². The second kappa shape index (κ2) is 9.39. The maximum absolute atomic E-state index is 13.4. The van der Waals surface area contributed by atoms with E-state index in [-0.39, 0.29) is 29.4 Å². The smallest absolute Gasteiger partial charge is 0.387 e. The molecule has 0 bridgehead atoms. The highest BCUT2D eigenvalue weighted by Crippen LogP contribution is 2.49. The minimum absolute atomic E-state index is 0.114. The van der Waals surface area contributed by atoms with Gasteiger partial charge < -0.3 is 24.3 Å². The summed E-state index contributed by atoms with van der Waals surface area (Å²) in [5, 5.41) is 8.95. The lowest BCUT2D eigenvalue weighted by atomic mass is 9.90. The number of amides is 2. The van der Waals surface area contributed by atoms with Crippen molar-refractivity contribution in [1.29, 1.82) is 0 Å². The van der Waals surface area contributed by atoms with Crippen molar-refractivity contribution in [2.24, 2.45) is 5.10 Å². The first-order valence-corrected chi connectivity index (χ1v) is 13.0. The van der Waals surface area contributed by atoms with Crippen LogP contribution in [-0.2, 0) is 6.42 Å². The highest BCUT2D eigenvalue weighted by atomic mass is 19.3. The van der Waals surface area contributed by atoms with Crippen LogP contribution in [0.5, 0.6) is 23.0 Å². The van der Waals surface area contributed by atoms with E-state index in [1.807, 2.05) is 56.3 Å². The Bertz CT molecular complexity index is 1510. The van der Waals surface area contributed by atoms with Crippen LogP contribution in [0.1, 0.15) is 50.3 Å². The van der Waals surface area contributed by atoms with Crippen molar-refractivity contribution in [2.45, 2.75) is 58.0 Å². The lowest BCUT2D eigenvalue weighted by molar-refractivity contribution is -0.0617. The number of urea groups is 1. The molecule has 1 N–H and O–H groups in total. The molecule has 0 spiro atoms. The molecule has 0 saturated heterocycles. The zero-order chi connectivity index (χ0) is 28.2. The molecular formula is C30H29F2N3O5. The second-order valence-electron chi connectivity index (χ2n) is 11.1. The number of alkyl halides is 2. The minimum atomic E-state index is -3.05. The van der Waals surface area contributed by atoms with Crippen LogP contribution >= 0.6 is 0 Å². The number of benzene rings is 3. The van der Waals surface area contributed by atoms with Crippen LogP contribution in [0.2, 0.25) is 0 Å². The summed E-state index contributed by atoms with van der Waals surface area (Å²) in [7, 11) is 0. The lowest BCUT2D eigenvalue weighted by Crippen LogP contribution is -2.30. The van der Waals surface area contributed by atoms with Gasteiger partial charge in [-0.15, -0.1) is 0 Å². The summed E-state index contributed by atoms with van der Waals surface area (Å²) < 4.78 is 49.0. The fourth-order valence-corrected chi connectivity index (χ4v) is 5.32. The number of hydrogen-bond donors (Lipinski definition) is 1. The number of carbonyl (C=O) groups is 1. The average Bonchev–Trinajstić information content (AvgIpc) is 3.55. The van der Waals surface area contributed by atoms with E-state index in [0.29, 0.717) is 17.0 Å². The van der Waals surface area contributed by atoms with Crippen LogP contribution in [0, 0.1) is 0 Å². The number of hydrogen-bond acceptors (Lipinski definition) is 6. The lowest BCUT2D eigenvalue weighted by Gasteiger charge is -2.18. The van der Waals surface area contributed by atoms with Gasteiger partial charge in [-0.3, -0.25) is 0 Å². The molecule has 0 saturated carbocycles. The molecule has 1 atom stereocenters. The molecule has 0 fully saturated rings. The molecule has 8 nitrogen and oxygen atoms in total. The largest absolute Gasteiger partial charge is 0.487 e. The van der Waals surface area contributed by atoms with Gasteiger partial charge in [0, 0.05) is 37.4 Å². The molecule has 2 amide bonds. The molecule has 0 aliphatic carbocycles. The van der Waals surface area contributed by atoms with Crippen LogP contribution in [0.15, 0.2) is 65.8 Å². The van der Waals surface area contributed by atoms with Crippen LogP contribution in [0.4, 0.5) is 19.3 Å². The number of halogens is 2. The number of anilines is 1. The predicted molar refractivity (Wildman–Crippen MR) is 145 cm³/mol. The minimum Gasteiger partial charge on any atom is -0.487 e. The van der Waals surface area contributed by atoms with Gasteiger partial charge in [-0.1, -0.05) is 30.3 Å². The van der Waals surface area contributed by atoms with Gasteiger partial charge in [0.05, 0.1) is 12.3 Å². The number of nitrogens with zero attached hydrogens (tertiary/aromatic N) is 2. The molecular weight excluding hydrogens is 520 g/mol. The fraction of sp³-hybridized carbons (Fsp3) is 0.333. The van der Waals surface area contributed by atoms with Gasteiger partial charge in [0.15, 0.2) is 11.5 Å². The van der Waals surface area contributed by atoms with Crippen LogP contribution in [0.25, 0.3) is 0 Å². The van der Waals surface area contributed by atoms with Crippen molar-refractivity contribution < 1.29 is 32.5 Å². The topological polar surface area (TPSA) is 81.6 Å². The van der Waals surface area contributed by atoms with E-state index in [9.17, 15) is 13.6 Å². The van der Waals surface area contributed by atoms with Gasteiger partial charge in [0.1, 0.15) is 11.4 Å². The normalized spacial score (nSPS) is 19.7.